The molecule has 1 amide bonds. The first kappa shape index (κ1) is 45.0. The van der Waals surface area contributed by atoms with Gasteiger partial charge in [-0.25, -0.2) is 4.79 Å². The molecule has 13 nitrogen and oxygen atoms in total. The molecule has 0 saturated heterocycles. The molecule has 0 radical (unpaired) electrons. The van der Waals surface area contributed by atoms with Crippen LogP contribution in [0, 0.1) is 27.9 Å². The number of hydrogen-bond donors (Lipinski definition) is 2. The van der Waals surface area contributed by atoms with Gasteiger partial charge in [-0.15, -0.1) is 6.58 Å². The first-order chi connectivity index (χ1) is 30.7. The molecule has 332 valence electrons. The molecule has 0 bridgehead atoms. The van der Waals surface area contributed by atoms with Crippen LogP contribution in [0.25, 0.3) is 11.1 Å². The number of unbranched alkanes of at least 4 members (excludes halogenated alkanes) is 2. The Labute approximate surface area is 368 Å². The predicted molar refractivity (Wildman–Crippen MR) is 240 cm³/mol. The second kappa shape index (κ2) is 20.9. The van der Waals surface area contributed by atoms with E-state index in [4.69, 9.17) is 23.8 Å². The van der Waals surface area contributed by atoms with Gasteiger partial charge >= 0.3 is 6.09 Å². The number of fused-ring (bicyclic) bond motifs is 2. The van der Waals surface area contributed by atoms with Gasteiger partial charge in [0.1, 0.15) is 36.1 Å². The number of non-ortho nitro benzene ring substituents is 1. The van der Waals surface area contributed by atoms with Crippen molar-refractivity contribution < 1.29 is 43.7 Å². The smallest absolute Gasteiger partial charge is 0.415 e. The average molecular weight is 860 g/mol. The molecule has 6 atom stereocenters. The summed E-state index contributed by atoms with van der Waals surface area (Å²) in [4.78, 5) is 32.6. The molecular formula is C50H57N3O10. The normalized spacial score (nSPS) is 22.8. The molecule has 7 rings (SSSR count). The quantitative estimate of drug-likeness (QED) is 0.0379. The Morgan fingerprint density at radius 2 is 1.62 bits per heavy atom. The molecule has 1 aliphatic heterocycles. The van der Waals surface area contributed by atoms with Crippen LogP contribution in [0.5, 0.6) is 23.0 Å². The van der Waals surface area contributed by atoms with Gasteiger partial charge in [0.25, 0.3) is 5.69 Å². The van der Waals surface area contributed by atoms with E-state index in [1.807, 2.05) is 61.5 Å². The van der Waals surface area contributed by atoms with Gasteiger partial charge in [0.15, 0.2) is 0 Å². The summed E-state index contributed by atoms with van der Waals surface area (Å²) in [6.45, 7) is 6.49. The van der Waals surface area contributed by atoms with Crippen molar-refractivity contribution in [3.63, 3.8) is 0 Å². The van der Waals surface area contributed by atoms with E-state index >= 15 is 0 Å². The molecule has 1 fully saturated rings. The van der Waals surface area contributed by atoms with Crippen LogP contribution < -0.4 is 14.2 Å². The van der Waals surface area contributed by atoms with Crippen LogP contribution in [0.1, 0.15) is 69.8 Å². The van der Waals surface area contributed by atoms with E-state index in [0.717, 1.165) is 47.9 Å². The molecule has 0 spiro atoms. The van der Waals surface area contributed by atoms with Crippen molar-refractivity contribution in [2.75, 3.05) is 33.5 Å². The van der Waals surface area contributed by atoms with Gasteiger partial charge in [-0.2, -0.15) is 0 Å². The Morgan fingerprint density at radius 3 is 2.29 bits per heavy atom. The number of amides is 1. The summed E-state index contributed by atoms with van der Waals surface area (Å²) < 4.78 is 26.8. The van der Waals surface area contributed by atoms with Crippen molar-refractivity contribution in [1.29, 1.82) is 0 Å². The average Bonchev–Trinajstić information content (AvgIpc) is 3.30. The van der Waals surface area contributed by atoms with Crippen LogP contribution in [0.3, 0.4) is 0 Å². The molecule has 4 aromatic carbocycles. The second-order valence-corrected chi connectivity index (χ2v) is 16.3. The summed E-state index contributed by atoms with van der Waals surface area (Å²) in [6.07, 6.45) is 8.50. The maximum Gasteiger partial charge on any atom is 0.415 e. The number of oxime groups is 1. The first-order valence-electron chi connectivity index (χ1n) is 21.9. The highest BCUT2D eigenvalue weighted by Crippen LogP contribution is 2.62. The molecule has 13 heteroatoms. The minimum atomic E-state index is -1.48. The van der Waals surface area contributed by atoms with E-state index < -0.39 is 28.8 Å². The summed E-state index contributed by atoms with van der Waals surface area (Å²) in [6, 6.07) is 28.6. The minimum Gasteiger partial charge on any atom is -0.459 e. The lowest BCUT2D eigenvalue weighted by molar-refractivity contribution is -0.384. The van der Waals surface area contributed by atoms with Gasteiger partial charge in [0, 0.05) is 49.8 Å². The molecule has 2 N–H and O–H groups in total. The van der Waals surface area contributed by atoms with E-state index in [0.29, 0.717) is 42.2 Å². The fourth-order valence-corrected chi connectivity index (χ4v) is 9.71. The zero-order valence-corrected chi connectivity index (χ0v) is 36.0. The third kappa shape index (κ3) is 9.81. The molecule has 1 heterocycles. The number of nitro groups is 1. The number of nitrogens with zero attached hydrogens (tertiary/aromatic N) is 3. The minimum absolute atomic E-state index is 0.0213. The Kier molecular flexibility index (Phi) is 14.9. The molecule has 1 saturated carbocycles. The van der Waals surface area contributed by atoms with Crippen LogP contribution in [0.15, 0.2) is 127 Å². The summed E-state index contributed by atoms with van der Waals surface area (Å²) in [5.74, 6) is -0.121. The highest BCUT2D eigenvalue weighted by molar-refractivity contribution is 6.03. The van der Waals surface area contributed by atoms with Crippen molar-refractivity contribution in [2.45, 2.75) is 76.0 Å². The number of carbonyl (C=O) groups excluding carboxylic acids is 1. The Morgan fingerprint density at radius 1 is 0.937 bits per heavy atom. The van der Waals surface area contributed by atoms with Crippen LogP contribution >= 0.6 is 0 Å². The maximum atomic E-state index is 14.5. The van der Waals surface area contributed by atoms with Gasteiger partial charge < -0.3 is 34.0 Å². The number of aliphatic hydroxyl groups excluding tert-OH is 2. The first-order valence-corrected chi connectivity index (χ1v) is 21.9. The fraction of sp³-hybridized carbons (Fsp3) is 0.400. The standard InChI is InChI=1S/C50H57N3O10/c1-4-27-52(49(56)62-39-23-19-37(20-24-39)53(57)58)46-33-44(51-59-3)42-31-36(15-9-11-28-54)41(16-10-12-29-55)47-43-32-40(25-26-45(43)63-50(46,48(42)47)60-30-5-2)61-38-21-17-35(18-22-38)34-13-7-6-8-14-34/h5-8,13-14,17-26,31-32,36,41,46-48,54-55H,2,4,9-12,15-16,27-30,33H2,1,3H3/t36-,41+,46-,47+,48+,50+/m0/s1. The molecular weight excluding hydrogens is 803 g/mol. The number of allylic oxidation sites excluding steroid dienone is 1. The van der Waals surface area contributed by atoms with Crippen LogP contribution in [0.4, 0.5) is 10.5 Å². The van der Waals surface area contributed by atoms with Crippen LogP contribution in [-0.4, -0.2) is 77.1 Å². The molecule has 3 aliphatic rings. The Balaban J connectivity index is 1.36. The van der Waals surface area contributed by atoms with Crippen molar-refractivity contribution in [3.05, 3.63) is 137 Å². The van der Waals surface area contributed by atoms with Crippen molar-refractivity contribution in [2.24, 2.45) is 22.9 Å². The van der Waals surface area contributed by atoms with E-state index in [2.05, 4.69) is 36.0 Å². The Bertz CT molecular complexity index is 2250. The zero-order valence-electron chi connectivity index (χ0n) is 36.0. The van der Waals surface area contributed by atoms with Gasteiger partial charge in [0.05, 0.1) is 23.2 Å². The molecule has 2 aliphatic carbocycles. The lowest BCUT2D eigenvalue weighted by atomic mass is 9.55. The van der Waals surface area contributed by atoms with Crippen molar-refractivity contribution in [1.82, 2.24) is 4.90 Å². The lowest BCUT2D eigenvalue weighted by Gasteiger charge is -2.59. The number of aliphatic hydroxyl groups is 2. The van der Waals surface area contributed by atoms with E-state index in [9.17, 15) is 25.1 Å². The number of ether oxygens (including phenoxy) is 4. The highest BCUT2D eigenvalue weighted by atomic mass is 16.7. The molecule has 0 aromatic heterocycles. The molecule has 4 aromatic rings. The third-order valence-electron chi connectivity index (χ3n) is 12.4. The largest absolute Gasteiger partial charge is 0.459 e. The SMILES string of the molecule is C=CCO[C@@]12Oc3ccc(Oc4ccc(-c5ccccc5)cc4)cc3[C@H]3[C@H](CCCCO)[C@@H](CCCCO)C=C(C(=NOC)C[C@@H]1N(CCC)C(=O)Oc1ccc([N+](=O)[O-])cc1)[C@H]32. The van der Waals surface area contributed by atoms with Gasteiger partial charge in [-0.05, 0) is 103 Å². The lowest BCUT2D eigenvalue weighted by Crippen LogP contribution is -2.70. The molecule has 63 heavy (non-hydrogen) atoms. The van der Waals surface area contributed by atoms with E-state index in [1.165, 1.54) is 31.4 Å². The zero-order chi connectivity index (χ0) is 44.3. The summed E-state index contributed by atoms with van der Waals surface area (Å²) in [5.41, 5.74) is 4.54. The predicted octanol–water partition coefficient (Wildman–Crippen LogP) is 10.2. The summed E-state index contributed by atoms with van der Waals surface area (Å²) >= 11 is 0. The van der Waals surface area contributed by atoms with Crippen LogP contribution in [0.2, 0.25) is 0 Å². The maximum absolute atomic E-state index is 14.5. The van der Waals surface area contributed by atoms with Crippen molar-refractivity contribution >= 4 is 17.5 Å². The number of rotatable bonds is 20. The van der Waals surface area contributed by atoms with Gasteiger partial charge in [0.2, 0.25) is 5.79 Å². The van der Waals surface area contributed by atoms with E-state index in [-0.39, 0.29) is 62.0 Å². The van der Waals surface area contributed by atoms with Crippen LogP contribution in [-0.2, 0) is 9.57 Å². The highest BCUT2D eigenvalue weighted by Gasteiger charge is 2.65. The van der Waals surface area contributed by atoms with Crippen molar-refractivity contribution in [3.8, 4) is 34.1 Å². The van der Waals surface area contributed by atoms with Gasteiger partial charge in [-0.3, -0.25) is 15.0 Å². The number of benzene rings is 4. The summed E-state index contributed by atoms with van der Waals surface area (Å²) in [7, 11) is 1.50. The van der Waals surface area contributed by atoms with E-state index in [1.54, 1.807) is 11.0 Å². The number of nitro benzene ring substituents is 1. The topological polar surface area (TPSA) is 162 Å². The number of carbonyl (C=O) groups is 1. The van der Waals surface area contributed by atoms with Gasteiger partial charge in [-0.1, -0.05) is 79.5 Å². The fourth-order valence-electron chi connectivity index (χ4n) is 9.71. The second-order valence-electron chi connectivity index (χ2n) is 16.3. The number of hydrogen-bond acceptors (Lipinski definition) is 11. The summed E-state index contributed by atoms with van der Waals surface area (Å²) in [5, 5.41) is 35.8. The monoisotopic (exact) mass is 859 g/mol. The Hall–Kier alpha value is -6.02. The third-order valence-corrected chi connectivity index (χ3v) is 12.4. The molecule has 0 unspecified atom stereocenters.